The maximum atomic E-state index is 3.67. The van der Waals surface area contributed by atoms with E-state index in [1.807, 2.05) is 0 Å². The normalized spacial score (nSPS) is 29.5. The molecule has 3 heterocycles. The van der Waals surface area contributed by atoms with E-state index in [-0.39, 0.29) is 21.1 Å². The Labute approximate surface area is 189 Å². The van der Waals surface area contributed by atoms with Crippen LogP contribution in [0.4, 0.5) is 0 Å². The average molecular weight is 568 g/mol. The van der Waals surface area contributed by atoms with E-state index in [1.54, 1.807) is 0 Å². The van der Waals surface area contributed by atoms with E-state index in [1.165, 1.54) is 35.1 Å². The Morgan fingerprint density at radius 1 is 0.552 bits per heavy atom. The number of benzene rings is 2. The number of fused-ring (bicyclic) bond motifs is 8. The quantitative estimate of drug-likeness (QED) is 0.454. The number of hydrogen-bond donors (Lipinski definition) is 0. The Morgan fingerprint density at radius 2 is 0.862 bits per heavy atom. The molecular weight excluding hydrogens is 539 g/mol. The van der Waals surface area contributed by atoms with E-state index in [4.69, 9.17) is 0 Å². The minimum absolute atomic E-state index is 0. The fourth-order valence-electron chi connectivity index (χ4n) is 4.51. The fraction of sp³-hybridized carbons (Fsp3) is 0.417. The second-order valence-electron chi connectivity index (χ2n) is 8.22. The van der Waals surface area contributed by atoms with Gasteiger partial charge in [0, 0.05) is 0 Å². The van der Waals surface area contributed by atoms with Crippen LogP contribution in [-0.4, -0.2) is 45.8 Å². The predicted octanol–water partition coefficient (Wildman–Crippen LogP) is 3.25. The third-order valence-corrected chi connectivity index (χ3v) is 5.76. The molecule has 0 radical (unpaired) electrons. The molecule has 2 aromatic rings. The van der Waals surface area contributed by atoms with Gasteiger partial charge in [0.05, 0.1) is 0 Å². The van der Waals surface area contributed by atoms with Crippen molar-refractivity contribution in [1.29, 1.82) is 0 Å². The summed E-state index contributed by atoms with van der Waals surface area (Å²) in [4.78, 5) is 9.74. The molecule has 2 aromatic carbocycles. The first-order valence-corrected chi connectivity index (χ1v) is 10.5. The van der Waals surface area contributed by atoms with Gasteiger partial charge in [-0.15, -0.1) is 0 Å². The number of rotatable bonds is 0. The summed E-state index contributed by atoms with van der Waals surface area (Å²) in [5.41, 5.74) is 5.13. The fourth-order valence-corrected chi connectivity index (χ4v) is 4.51. The zero-order chi connectivity index (χ0) is 18.8. The molecular formula is C24H28N4Pt. The van der Waals surface area contributed by atoms with Crippen molar-refractivity contribution in [2.75, 3.05) is 26.2 Å². The molecule has 0 saturated carbocycles. The minimum Gasteiger partial charge on any atom is -0.441 e. The van der Waals surface area contributed by atoms with Gasteiger partial charge in [-0.3, -0.25) is 0 Å². The number of nitrogens with zero attached hydrogens (tertiary/aromatic N) is 4. The average Bonchev–Trinajstić information content (AvgIpc) is 2.69. The van der Waals surface area contributed by atoms with Gasteiger partial charge in [-0.2, -0.15) is 70.8 Å². The Bertz CT molecular complexity index is 689. The second kappa shape index (κ2) is 9.85. The Kier molecular flexibility index (Phi) is 7.20. The van der Waals surface area contributed by atoms with Crippen molar-refractivity contribution in [3.8, 4) is 0 Å². The summed E-state index contributed by atoms with van der Waals surface area (Å²) in [6.07, 6.45) is 2.40. The van der Waals surface area contributed by atoms with Crippen molar-refractivity contribution in [3.05, 3.63) is 84.1 Å². The van der Waals surface area contributed by atoms with Gasteiger partial charge >= 0.3 is 21.1 Å². The molecule has 4 nitrogen and oxygen atoms in total. The van der Waals surface area contributed by atoms with E-state index < -0.39 is 0 Å². The zero-order valence-corrected chi connectivity index (χ0v) is 19.1. The third kappa shape index (κ3) is 5.56. The van der Waals surface area contributed by atoms with Crippen molar-refractivity contribution < 1.29 is 21.1 Å². The second-order valence-corrected chi connectivity index (χ2v) is 8.22. The van der Waals surface area contributed by atoms with Crippen LogP contribution in [0.3, 0.4) is 0 Å². The van der Waals surface area contributed by atoms with Gasteiger partial charge in [0.2, 0.25) is 0 Å². The van der Waals surface area contributed by atoms with Gasteiger partial charge in [0.1, 0.15) is 0 Å². The molecule has 3 aliphatic rings. The summed E-state index contributed by atoms with van der Waals surface area (Å²) in [6, 6.07) is 20.6. The van der Waals surface area contributed by atoms with E-state index in [2.05, 4.69) is 81.5 Å². The van der Waals surface area contributed by atoms with Crippen LogP contribution in [0.5, 0.6) is 0 Å². The van der Waals surface area contributed by atoms with Crippen molar-refractivity contribution in [3.63, 3.8) is 0 Å². The summed E-state index contributed by atoms with van der Waals surface area (Å²) < 4.78 is 0. The van der Waals surface area contributed by atoms with Crippen LogP contribution in [0, 0.1) is 25.5 Å². The predicted molar refractivity (Wildman–Crippen MR) is 110 cm³/mol. The molecule has 4 atom stereocenters. The summed E-state index contributed by atoms with van der Waals surface area (Å²) in [5, 5.41) is 0. The third-order valence-electron chi connectivity index (χ3n) is 5.76. The molecule has 5 heteroatoms. The molecule has 4 unspecified atom stereocenters. The van der Waals surface area contributed by atoms with E-state index in [0.717, 1.165) is 52.4 Å². The minimum atomic E-state index is 0. The number of hydrogen-bond acceptors (Lipinski definition) is 4. The molecule has 0 spiro atoms. The Morgan fingerprint density at radius 3 is 1.17 bits per heavy atom. The largest absolute Gasteiger partial charge is 4.00 e. The monoisotopic (exact) mass is 567 g/mol. The van der Waals surface area contributed by atoms with Gasteiger partial charge in [0.25, 0.3) is 0 Å². The van der Waals surface area contributed by atoms with E-state index >= 15 is 0 Å². The smallest absolute Gasteiger partial charge is 0.441 e. The van der Waals surface area contributed by atoms with Crippen molar-refractivity contribution >= 4 is 0 Å². The van der Waals surface area contributed by atoms with Crippen LogP contribution in [-0.2, 0) is 47.2 Å². The molecule has 0 aromatic heterocycles. The first-order valence-electron chi connectivity index (χ1n) is 10.5. The van der Waals surface area contributed by atoms with Crippen molar-refractivity contribution in [2.45, 2.75) is 39.0 Å². The molecule has 154 valence electrons. The molecule has 3 aliphatic heterocycles. The molecule has 5 rings (SSSR count). The van der Waals surface area contributed by atoms with Crippen molar-refractivity contribution in [2.24, 2.45) is 0 Å². The van der Waals surface area contributed by atoms with E-state index in [0.29, 0.717) is 0 Å². The Balaban J connectivity index is 0.00000205. The molecule has 29 heavy (non-hydrogen) atoms. The first kappa shape index (κ1) is 21.2. The zero-order valence-electron chi connectivity index (χ0n) is 16.8. The maximum Gasteiger partial charge on any atom is 4.00 e. The first-order chi connectivity index (χ1) is 13.8. The van der Waals surface area contributed by atoms with Crippen LogP contribution in [0.15, 0.2) is 36.4 Å². The van der Waals surface area contributed by atoms with Gasteiger partial charge in [-0.1, -0.05) is 0 Å². The van der Waals surface area contributed by atoms with Crippen LogP contribution in [0.1, 0.15) is 35.1 Å². The van der Waals surface area contributed by atoms with Crippen LogP contribution < -0.4 is 0 Å². The van der Waals surface area contributed by atoms with Crippen LogP contribution in [0.25, 0.3) is 0 Å². The van der Waals surface area contributed by atoms with Crippen LogP contribution >= 0.6 is 0 Å². The molecule has 8 bridgehead atoms. The topological polar surface area (TPSA) is 13.0 Å². The van der Waals surface area contributed by atoms with Gasteiger partial charge in [-0.05, 0) is 65.2 Å². The van der Waals surface area contributed by atoms with Crippen LogP contribution in [0.2, 0.25) is 0 Å². The molecule has 0 amide bonds. The van der Waals surface area contributed by atoms with Gasteiger partial charge in [-0.25, -0.2) is 13.3 Å². The summed E-state index contributed by atoms with van der Waals surface area (Å²) in [5.74, 6) is 0. The summed E-state index contributed by atoms with van der Waals surface area (Å²) in [7, 11) is 0. The van der Waals surface area contributed by atoms with Gasteiger partial charge < -0.3 is 19.6 Å². The SMILES string of the molecule is [Pt+4].[c-]1c2cccc1CN1[CH-]N(CCC1)Cc1[c-]c(ccc1)CN1[CH-]N(CCC1)C2. The molecule has 2 fully saturated rings. The Hall–Kier alpha value is -1.03. The van der Waals surface area contributed by atoms with Crippen molar-refractivity contribution in [1.82, 2.24) is 19.6 Å². The van der Waals surface area contributed by atoms with Gasteiger partial charge in [0.15, 0.2) is 0 Å². The van der Waals surface area contributed by atoms with E-state index in [9.17, 15) is 0 Å². The standard InChI is InChI=1S/C24H28N4.Pt/c1-5-21-13-22(6-1)16-26-10-4-12-28(20-26)18-24-8-2-7-23(14-24)17-27-11-3-9-25(15-21)19-27;/h1-2,5-8,19-20H,3-4,9-12,15-18H2;/q-4;+4. The molecule has 0 N–H and O–H groups in total. The molecule has 2 saturated heterocycles. The molecule has 0 aliphatic carbocycles. The summed E-state index contributed by atoms with van der Waals surface area (Å²) >= 11 is 0. The maximum absolute atomic E-state index is 3.67. The summed E-state index contributed by atoms with van der Waals surface area (Å²) in [6.45, 7) is 12.8.